The Kier molecular flexibility index (Phi) is 4.04. The van der Waals surface area contributed by atoms with E-state index in [0.29, 0.717) is 49.2 Å². The van der Waals surface area contributed by atoms with Crippen molar-refractivity contribution in [3.8, 4) is 11.4 Å². The van der Waals surface area contributed by atoms with Gasteiger partial charge in [0.2, 0.25) is 5.91 Å². The molecule has 2 bridgehead atoms. The van der Waals surface area contributed by atoms with Crippen LogP contribution >= 0.6 is 0 Å². The van der Waals surface area contributed by atoms with Crippen molar-refractivity contribution in [1.29, 1.82) is 0 Å². The fourth-order valence-corrected chi connectivity index (χ4v) is 4.79. The SMILES string of the molecule is O=C(CN1C[C@H]2CC[C@@H]1C2)N1CCc2c(nc(-c3cccnc3)[nH]c2=O)C1. The Morgan fingerprint density at radius 1 is 1.33 bits per heavy atom. The average molecular weight is 365 g/mol. The molecule has 27 heavy (non-hydrogen) atoms. The van der Waals surface area contributed by atoms with Gasteiger partial charge in [-0.25, -0.2) is 4.98 Å². The monoisotopic (exact) mass is 365 g/mol. The van der Waals surface area contributed by atoms with E-state index in [1.54, 1.807) is 12.4 Å². The molecule has 2 fully saturated rings. The number of pyridine rings is 1. The topological polar surface area (TPSA) is 82.2 Å². The third-order valence-corrected chi connectivity index (χ3v) is 6.22. The minimum Gasteiger partial charge on any atom is -0.335 e. The molecular weight excluding hydrogens is 342 g/mol. The van der Waals surface area contributed by atoms with Crippen LogP contribution in [-0.4, -0.2) is 56.3 Å². The van der Waals surface area contributed by atoms with Gasteiger partial charge in [-0.3, -0.25) is 19.5 Å². The van der Waals surface area contributed by atoms with Crippen molar-refractivity contribution in [2.45, 2.75) is 38.3 Å². The molecule has 1 saturated heterocycles. The first-order valence-corrected chi connectivity index (χ1v) is 9.71. The van der Waals surface area contributed by atoms with Crippen molar-refractivity contribution >= 4 is 5.91 Å². The van der Waals surface area contributed by atoms with Crippen LogP contribution in [0.3, 0.4) is 0 Å². The molecule has 4 heterocycles. The van der Waals surface area contributed by atoms with Crippen molar-refractivity contribution in [1.82, 2.24) is 24.8 Å². The van der Waals surface area contributed by atoms with Gasteiger partial charge in [-0.15, -0.1) is 0 Å². The molecule has 1 saturated carbocycles. The standard InChI is InChI=1S/C20H23N5O2/c26-18(12-25-10-13-3-4-15(25)8-13)24-7-5-16-17(11-24)22-19(23-20(16)27)14-2-1-6-21-9-14/h1-2,6,9,13,15H,3-5,7-8,10-12H2,(H,22,23,27)/t13-,15+/m0/s1. The Labute approximate surface area is 157 Å². The number of H-pyrrole nitrogens is 1. The minimum absolute atomic E-state index is 0.109. The van der Waals surface area contributed by atoms with E-state index in [1.165, 1.54) is 19.3 Å². The number of amides is 1. The van der Waals surface area contributed by atoms with Gasteiger partial charge in [0.25, 0.3) is 5.56 Å². The Balaban J connectivity index is 1.35. The number of fused-ring (bicyclic) bond motifs is 3. The molecular formula is C20H23N5O2. The molecule has 3 aliphatic rings. The summed E-state index contributed by atoms with van der Waals surface area (Å²) in [6.07, 6.45) is 7.72. The maximum atomic E-state index is 12.8. The van der Waals surface area contributed by atoms with Crippen LogP contribution < -0.4 is 5.56 Å². The van der Waals surface area contributed by atoms with E-state index < -0.39 is 0 Å². The van der Waals surface area contributed by atoms with E-state index in [-0.39, 0.29) is 11.5 Å². The Morgan fingerprint density at radius 3 is 3.00 bits per heavy atom. The highest BCUT2D eigenvalue weighted by molar-refractivity contribution is 5.78. The number of rotatable bonds is 3. The summed E-state index contributed by atoms with van der Waals surface area (Å²) < 4.78 is 0. The van der Waals surface area contributed by atoms with E-state index in [0.717, 1.165) is 18.0 Å². The van der Waals surface area contributed by atoms with Crippen molar-refractivity contribution < 1.29 is 4.79 Å². The van der Waals surface area contributed by atoms with Gasteiger partial charge in [-0.2, -0.15) is 0 Å². The zero-order valence-electron chi connectivity index (χ0n) is 15.2. The molecule has 0 unspecified atom stereocenters. The van der Waals surface area contributed by atoms with Crippen molar-refractivity contribution in [3.05, 3.63) is 46.1 Å². The highest BCUT2D eigenvalue weighted by Gasteiger charge is 2.39. The molecule has 0 spiro atoms. The second-order valence-electron chi connectivity index (χ2n) is 7.91. The lowest BCUT2D eigenvalue weighted by atomic mass is 10.1. The first-order chi connectivity index (χ1) is 13.2. The molecule has 140 valence electrons. The molecule has 1 amide bonds. The number of carbonyl (C=O) groups is 1. The van der Waals surface area contributed by atoms with E-state index in [1.807, 2.05) is 17.0 Å². The van der Waals surface area contributed by atoms with Gasteiger partial charge in [0, 0.05) is 42.7 Å². The van der Waals surface area contributed by atoms with Gasteiger partial charge in [-0.05, 0) is 43.7 Å². The lowest BCUT2D eigenvalue weighted by molar-refractivity contribution is -0.133. The summed E-state index contributed by atoms with van der Waals surface area (Å²) >= 11 is 0. The summed E-state index contributed by atoms with van der Waals surface area (Å²) in [6.45, 7) is 2.55. The second kappa shape index (κ2) is 6.56. The molecule has 1 N–H and O–H groups in total. The largest absolute Gasteiger partial charge is 0.335 e. The van der Waals surface area contributed by atoms with Gasteiger partial charge < -0.3 is 9.88 Å². The first kappa shape index (κ1) is 16.6. The summed E-state index contributed by atoms with van der Waals surface area (Å²) in [7, 11) is 0. The molecule has 2 atom stereocenters. The number of nitrogens with one attached hydrogen (secondary N) is 1. The number of hydrogen-bond acceptors (Lipinski definition) is 5. The number of aromatic amines is 1. The van der Waals surface area contributed by atoms with Crippen molar-refractivity contribution in [3.63, 3.8) is 0 Å². The van der Waals surface area contributed by atoms with E-state index in [9.17, 15) is 9.59 Å². The molecule has 2 aromatic heterocycles. The fraction of sp³-hybridized carbons (Fsp3) is 0.500. The summed E-state index contributed by atoms with van der Waals surface area (Å²) in [5.41, 5.74) is 2.07. The van der Waals surface area contributed by atoms with E-state index in [2.05, 4.69) is 19.9 Å². The number of nitrogens with zero attached hydrogens (tertiary/aromatic N) is 4. The molecule has 2 aliphatic heterocycles. The fourth-order valence-electron chi connectivity index (χ4n) is 4.79. The van der Waals surface area contributed by atoms with E-state index in [4.69, 9.17) is 0 Å². The third kappa shape index (κ3) is 3.06. The van der Waals surface area contributed by atoms with Gasteiger partial charge in [0.1, 0.15) is 5.82 Å². The highest BCUT2D eigenvalue weighted by atomic mass is 16.2. The maximum absolute atomic E-state index is 12.8. The number of aromatic nitrogens is 3. The summed E-state index contributed by atoms with van der Waals surface area (Å²) in [6, 6.07) is 4.27. The summed E-state index contributed by atoms with van der Waals surface area (Å²) in [5.74, 6) is 1.45. The minimum atomic E-state index is -0.109. The van der Waals surface area contributed by atoms with Gasteiger partial charge in [0.15, 0.2) is 0 Å². The van der Waals surface area contributed by atoms with Crippen molar-refractivity contribution in [2.24, 2.45) is 5.92 Å². The molecule has 7 heteroatoms. The average Bonchev–Trinajstić information content (AvgIpc) is 3.31. The summed E-state index contributed by atoms with van der Waals surface area (Å²) in [4.78, 5) is 41.1. The molecule has 7 nitrogen and oxygen atoms in total. The number of carbonyl (C=O) groups excluding carboxylic acids is 1. The molecule has 2 aromatic rings. The van der Waals surface area contributed by atoms with Gasteiger partial charge in [-0.1, -0.05) is 0 Å². The molecule has 1 aliphatic carbocycles. The Bertz CT molecular complexity index is 926. The van der Waals surface area contributed by atoms with Crippen LogP contribution in [0.15, 0.2) is 29.3 Å². The molecule has 0 aromatic carbocycles. The van der Waals surface area contributed by atoms with Crippen LogP contribution in [0, 0.1) is 5.92 Å². The molecule has 0 radical (unpaired) electrons. The quantitative estimate of drug-likeness (QED) is 0.884. The predicted molar refractivity (Wildman–Crippen MR) is 99.9 cm³/mol. The second-order valence-corrected chi connectivity index (χ2v) is 7.91. The lowest BCUT2D eigenvalue weighted by Crippen LogP contribution is -2.46. The molecule has 5 rings (SSSR count). The van der Waals surface area contributed by atoms with Crippen LogP contribution in [0.2, 0.25) is 0 Å². The van der Waals surface area contributed by atoms with Crippen molar-refractivity contribution in [2.75, 3.05) is 19.6 Å². The van der Waals surface area contributed by atoms with E-state index >= 15 is 0 Å². The first-order valence-electron chi connectivity index (χ1n) is 9.71. The summed E-state index contributed by atoms with van der Waals surface area (Å²) in [5, 5.41) is 0. The zero-order valence-corrected chi connectivity index (χ0v) is 15.2. The number of likely N-dealkylation sites (tertiary alicyclic amines) is 1. The lowest BCUT2D eigenvalue weighted by Gasteiger charge is -2.32. The van der Waals surface area contributed by atoms with Crippen LogP contribution in [0.25, 0.3) is 11.4 Å². The maximum Gasteiger partial charge on any atom is 0.254 e. The van der Waals surface area contributed by atoms with Crippen LogP contribution in [0.5, 0.6) is 0 Å². The van der Waals surface area contributed by atoms with Gasteiger partial charge >= 0.3 is 0 Å². The predicted octanol–water partition coefficient (Wildman–Crippen LogP) is 1.20. The zero-order chi connectivity index (χ0) is 18.4. The Hall–Kier alpha value is -2.54. The number of piperidine rings is 1. The smallest absolute Gasteiger partial charge is 0.254 e. The third-order valence-electron chi connectivity index (χ3n) is 6.22. The van der Waals surface area contributed by atoms with Crippen LogP contribution in [0.1, 0.15) is 30.5 Å². The number of hydrogen-bond donors (Lipinski definition) is 1. The Morgan fingerprint density at radius 2 is 2.26 bits per heavy atom. The highest BCUT2D eigenvalue weighted by Crippen LogP contribution is 2.37. The van der Waals surface area contributed by atoms with Crippen LogP contribution in [0.4, 0.5) is 0 Å². The van der Waals surface area contributed by atoms with Gasteiger partial charge in [0.05, 0.1) is 18.8 Å². The normalized spacial score (nSPS) is 24.2. The van der Waals surface area contributed by atoms with Crippen LogP contribution in [-0.2, 0) is 17.8 Å².